The van der Waals surface area contributed by atoms with Crippen molar-refractivity contribution in [1.82, 2.24) is 0 Å². The molecule has 12 nitrogen and oxygen atoms in total. The maximum atomic E-state index is 13.0. The SMILES string of the molecule is CCC(C)C(=O)OC1[C@@H](O)[C@H](O)C(CO)O[C@H]1c1c(O)cc(O)c2c(=O)cc(-c3ccc(O)c(O)c3)oc12. The van der Waals surface area contributed by atoms with E-state index in [1.54, 1.807) is 13.8 Å². The molecule has 0 radical (unpaired) electrons. The van der Waals surface area contributed by atoms with Crippen molar-refractivity contribution in [3.05, 3.63) is 46.1 Å². The number of phenolic OH excluding ortho intramolecular Hbond substituents is 4. The molecular weight excluding hydrogens is 504 g/mol. The fraction of sp³-hybridized carbons (Fsp3) is 0.385. The third-order valence-electron chi connectivity index (χ3n) is 6.68. The van der Waals surface area contributed by atoms with Crippen LogP contribution < -0.4 is 5.43 Å². The first-order valence-electron chi connectivity index (χ1n) is 11.9. The number of aliphatic hydroxyl groups is 3. The van der Waals surface area contributed by atoms with Gasteiger partial charge in [-0.25, -0.2) is 0 Å². The molecular formula is C26H28O12. The molecule has 2 heterocycles. The Balaban J connectivity index is 1.96. The van der Waals surface area contributed by atoms with E-state index in [0.29, 0.717) is 6.42 Å². The molecule has 3 unspecified atom stereocenters. The average molecular weight is 532 g/mol. The van der Waals surface area contributed by atoms with E-state index in [2.05, 4.69) is 0 Å². The molecule has 4 rings (SSSR count). The van der Waals surface area contributed by atoms with Crippen LogP contribution in [-0.2, 0) is 14.3 Å². The fourth-order valence-corrected chi connectivity index (χ4v) is 4.29. The summed E-state index contributed by atoms with van der Waals surface area (Å²) in [5, 5.41) is 71.5. The highest BCUT2D eigenvalue weighted by Crippen LogP contribution is 2.45. The van der Waals surface area contributed by atoms with Gasteiger partial charge in [-0.15, -0.1) is 0 Å². The Morgan fingerprint density at radius 1 is 1.00 bits per heavy atom. The fourth-order valence-electron chi connectivity index (χ4n) is 4.29. The highest BCUT2D eigenvalue weighted by atomic mass is 16.6. The number of phenols is 4. The third-order valence-corrected chi connectivity index (χ3v) is 6.68. The van der Waals surface area contributed by atoms with Crippen LogP contribution in [0.25, 0.3) is 22.3 Å². The average Bonchev–Trinajstić information content (AvgIpc) is 2.88. The van der Waals surface area contributed by atoms with Crippen LogP contribution in [0.1, 0.15) is 31.9 Å². The number of rotatable bonds is 6. The van der Waals surface area contributed by atoms with Crippen LogP contribution in [0.3, 0.4) is 0 Å². The van der Waals surface area contributed by atoms with Gasteiger partial charge in [-0.05, 0) is 24.6 Å². The van der Waals surface area contributed by atoms with Crippen molar-refractivity contribution in [2.45, 2.75) is 50.8 Å². The lowest BCUT2D eigenvalue weighted by Gasteiger charge is -2.42. The van der Waals surface area contributed by atoms with Crippen molar-refractivity contribution >= 4 is 16.9 Å². The first-order chi connectivity index (χ1) is 18.0. The largest absolute Gasteiger partial charge is 0.507 e. The van der Waals surface area contributed by atoms with Gasteiger partial charge in [0.15, 0.2) is 28.6 Å². The van der Waals surface area contributed by atoms with Gasteiger partial charge in [0, 0.05) is 17.7 Å². The van der Waals surface area contributed by atoms with E-state index in [1.165, 1.54) is 6.07 Å². The van der Waals surface area contributed by atoms with Crippen LogP contribution >= 0.6 is 0 Å². The molecule has 1 saturated heterocycles. The van der Waals surface area contributed by atoms with Crippen LogP contribution in [0.5, 0.6) is 23.0 Å². The van der Waals surface area contributed by atoms with Gasteiger partial charge in [-0.3, -0.25) is 9.59 Å². The van der Waals surface area contributed by atoms with E-state index >= 15 is 0 Å². The van der Waals surface area contributed by atoms with Crippen molar-refractivity contribution in [3.63, 3.8) is 0 Å². The first-order valence-corrected chi connectivity index (χ1v) is 11.9. The van der Waals surface area contributed by atoms with E-state index in [-0.39, 0.29) is 22.3 Å². The minimum Gasteiger partial charge on any atom is -0.507 e. The minimum atomic E-state index is -1.77. The van der Waals surface area contributed by atoms with Gasteiger partial charge in [-0.1, -0.05) is 13.8 Å². The quantitative estimate of drug-likeness (QED) is 0.178. The van der Waals surface area contributed by atoms with Crippen LogP contribution in [-0.4, -0.2) is 72.7 Å². The zero-order chi connectivity index (χ0) is 27.9. The number of fused-ring (bicyclic) bond motifs is 1. The Labute approximate surface area is 215 Å². The Morgan fingerprint density at radius 3 is 2.34 bits per heavy atom. The molecule has 0 spiro atoms. The molecule has 1 aromatic heterocycles. The molecule has 2 aromatic carbocycles. The van der Waals surface area contributed by atoms with Gasteiger partial charge < -0.3 is 49.6 Å². The number of hydrogen-bond acceptors (Lipinski definition) is 12. The number of aliphatic hydroxyl groups excluding tert-OH is 3. The number of benzene rings is 2. The summed E-state index contributed by atoms with van der Waals surface area (Å²) in [6.45, 7) is 2.58. The van der Waals surface area contributed by atoms with Crippen molar-refractivity contribution in [2.24, 2.45) is 5.92 Å². The van der Waals surface area contributed by atoms with Crippen molar-refractivity contribution in [1.29, 1.82) is 0 Å². The number of hydrogen-bond donors (Lipinski definition) is 7. The molecule has 7 N–H and O–H groups in total. The maximum Gasteiger partial charge on any atom is 0.309 e. The highest BCUT2D eigenvalue weighted by Gasteiger charge is 2.49. The Hall–Kier alpha value is -3.84. The lowest BCUT2D eigenvalue weighted by atomic mass is 9.89. The van der Waals surface area contributed by atoms with Crippen molar-refractivity contribution in [2.75, 3.05) is 6.61 Å². The molecule has 3 aromatic rings. The molecule has 0 saturated carbocycles. The monoisotopic (exact) mass is 532 g/mol. The summed E-state index contributed by atoms with van der Waals surface area (Å²) in [6, 6.07) is 5.50. The Bertz CT molecular complexity index is 1410. The number of aromatic hydroxyl groups is 4. The topological polar surface area (TPSA) is 207 Å². The summed E-state index contributed by atoms with van der Waals surface area (Å²) in [7, 11) is 0. The summed E-state index contributed by atoms with van der Waals surface area (Å²) in [5.74, 6) is -3.67. The number of ether oxygens (including phenoxy) is 2. The molecule has 1 fully saturated rings. The van der Waals surface area contributed by atoms with E-state index < -0.39 is 83.0 Å². The van der Waals surface area contributed by atoms with Gasteiger partial charge in [0.1, 0.15) is 47.1 Å². The molecule has 0 bridgehead atoms. The summed E-state index contributed by atoms with van der Waals surface area (Å²) in [4.78, 5) is 25.7. The second-order valence-electron chi connectivity index (χ2n) is 9.18. The van der Waals surface area contributed by atoms with Gasteiger partial charge in [0.25, 0.3) is 0 Å². The normalized spacial score (nSPS) is 24.3. The summed E-state index contributed by atoms with van der Waals surface area (Å²) >= 11 is 0. The van der Waals surface area contributed by atoms with Crippen LogP contribution in [0.4, 0.5) is 0 Å². The Kier molecular flexibility index (Phi) is 7.51. The second kappa shape index (κ2) is 10.5. The third kappa shape index (κ3) is 4.74. The summed E-state index contributed by atoms with van der Waals surface area (Å²) in [6.07, 6.45) is -7.58. The number of esters is 1. The van der Waals surface area contributed by atoms with Gasteiger partial charge >= 0.3 is 5.97 Å². The van der Waals surface area contributed by atoms with E-state index in [0.717, 1.165) is 24.3 Å². The molecule has 38 heavy (non-hydrogen) atoms. The maximum absolute atomic E-state index is 13.0. The molecule has 6 atom stereocenters. The smallest absolute Gasteiger partial charge is 0.309 e. The molecule has 1 aliphatic rings. The highest BCUT2D eigenvalue weighted by molar-refractivity contribution is 5.89. The van der Waals surface area contributed by atoms with Crippen LogP contribution in [0.2, 0.25) is 0 Å². The lowest BCUT2D eigenvalue weighted by molar-refractivity contribution is -0.242. The molecule has 1 aliphatic heterocycles. The lowest BCUT2D eigenvalue weighted by Crippen LogP contribution is -2.56. The van der Waals surface area contributed by atoms with E-state index in [4.69, 9.17) is 13.9 Å². The van der Waals surface area contributed by atoms with E-state index in [9.17, 15) is 45.3 Å². The summed E-state index contributed by atoms with van der Waals surface area (Å²) < 4.78 is 17.1. The predicted octanol–water partition coefficient (Wildman–Crippen LogP) is 1.39. The molecule has 0 amide bonds. The van der Waals surface area contributed by atoms with Crippen molar-refractivity contribution in [3.8, 4) is 34.3 Å². The zero-order valence-corrected chi connectivity index (χ0v) is 20.4. The minimum absolute atomic E-state index is 0.132. The first kappa shape index (κ1) is 27.2. The second-order valence-corrected chi connectivity index (χ2v) is 9.18. The molecule has 0 aliphatic carbocycles. The summed E-state index contributed by atoms with van der Waals surface area (Å²) in [5.41, 5.74) is -1.30. The van der Waals surface area contributed by atoms with Gasteiger partial charge in [-0.2, -0.15) is 0 Å². The standard InChI is InChI=1S/C26H28O12/c1-3-10(2)26(35)38-25-22(34)21(33)18(9-27)37-24(25)20-15(31)7-14(30)19-16(32)8-17(36-23(19)20)11-4-5-12(28)13(29)6-11/h4-8,10,18,21-22,24-25,27-31,33-34H,3,9H2,1-2H3/t10?,18?,21-,22+,24+,25?/m1/s1. The molecule has 12 heteroatoms. The molecule has 204 valence electrons. The number of carbonyl (C=O) groups excluding carboxylic acids is 1. The van der Waals surface area contributed by atoms with Crippen molar-refractivity contribution < 1.29 is 54.4 Å². The van der Waals surface area contributed by atoms with Gasteiger partial charge in [0.05, 0.1) is 18.1 Å². The van der Waals surface area contributed by atoms with E-state index in [1.807, 2.05) is 0 Å². The Morgan fingerprint density at radius 2 is 1.71 bits per heavy atom. The number of carbonyl (C=O) groups is 1. The van der Waals surface area contributed by atoms with Crippen LogP contribution in [0.15, 0.2) is 39.5 Å². The predicted molar refractivity (Wildman–Crippen MR) is 131 cm³/mol. The zero-order valence-electron chi connectivity index (χ0n) is 20.4. The van der Waals surface area contributed by atoms with Gasteiger partial charge in [0.2, 0.25) is 0 Å². The van der Waals surface area contributed by atoms with Crippen LogP contribution in [0, 0.1) is 5.92 Å².